The first-order chi connectivity index (χ1) is 27.4. The van der Waals surface area contributed by atoms with Crippen LogP contribution in [0.15, 0.2) is 35.3 Å². The Morgan fingerprint density at radius 1 is 0.793 bits per heavy atom. The van der Waals surface area contributed by atoms with Gasteiger partial charge in [0.25, 0.3) is 0 Å². The molecule has 1 aliphatic rings. The molecule has 1 heterocycles. The van der Waals surface area contributed by atoms with E-state index < -0.39 is 109 Å². The fourth-order valence-corrected chi connectivity index (χ4v) is 6.03. The van der Waals surface area contributed by atoms with Gasteiger partial charge in [0.05, 0.1) is 13.2 Å². The topological polar surface area (TPSA) is 377 Å². The third-order valence-electron chi connectivity index (χ3n) is 9.20. The third kappa shape index (κ3) is 15.6. The number of nitrogens with two attached hydrogens (primary N) is 4. The zero-order valence-electron chi connectivity index (χ0n) is 32.6. The summed E-state index contributed by atoms with van der Waals surface area (Å²) in [6, 6.07) is -0.787. The molecule has 1 aromatic carbocycles. The molecule has 22 nitrogen and oxygen atoms in total. The molecule has 0 radical (unpaired) electrons. The molecule has 1 saturated heterocycles. The van der Waals surface area contributed by atoms with E-state index in [4.69, 9.17) is 22.9 Å². The van der Waals surface area contributed by atoms with Crippen molar-refractivity contribution in [3.63, 3.8) is 0 Å². The number of aliphatic imine (C=N–C) groups is 1. The van der Waals surface area contributed by atoms with Crippen molar-refractivity contribution in [1.82, 2.24) is 31.5 Å². The molecule has 16 N–H and O–H groups in total. The zero-order chi connectivity index (χ0) is 43.5. The van der Waals surface area contributed by atoms with Crippen LogP contribution < -0.4 is 49.5 Å². The van der Waals surface area contributed by atoms with Crippen LogP contribution in [0.25, 0.3) is 0 Å². The number of aliphatic carboxylic acids is 1. The smallest absolute Gasteiger partial charge is 0.326 e. The van der Waals surface area contributed by atoms with Gasteiger partial charge in [-0.3, -0.25) is 38.6 Å². The number of hydrogen-bond donors (Lipinski definition) is 12. The number of nitrogens with one attached hydrogen (secondary N) is 5. The van der Waals surface area contributed by atoms with Crippen LogP contribution in [0.4, 0.5) is 0 Å². The third-order valence-corrected chi connectivity index (χ3v) is 9.20. The molecule has 2 rings (SSSR count). The van der Waals surface area contributed by atoms with Crippen LogP contribution in [0.3, 0.4) is 0 Å². The number of hydrogen-bond acceptors (Lipinski definition) is 12. The maximum atomic E-state index is 14.0. The first-order valence-corrected chi connectivity index (χ1v) is 18.8. The molecule has 0 spiro atoms. The number of benzene rings is 1. The number of carbonyl (C=O) groups excluding carboxylic acids is 7. The quantitative estimate of drug-likeness (QED) is 0.0264. The standard InChI is InChI=1S/C36H57N11O11/c1-19(2)28(33(55)43-23(35(57)58)12-13-27(38)50)46-31(53)25(18-49)45-29(51)22(10-6-14-41-36(39)40)42-30(52)24(16-20-8-4-3-5-9-20)44-32(54)26-11-7-15-47(26)34(56)21(37)17-48/h3-5,8-9,19,21-26,28,48-49H,6-7,10-18,37H2,1-2H3,(H2,38,50)(H,42,52)(H,43,55)(H,44,54)(H,45,51)(H,46,53)(H,57,58)(H4,39,40,41)/t21-,22-,23-,24-,25-,26-,28-/m0/s1. The Balaban J connectivity index is 2.32. The summed E-state index contributed by atoms with van der Waals surface area (Å²) in [5.41, 5.74) is 22.3. The van der Waals surface area contributed by atoms with E-state index in [1.54, 1.807) is 44.2 Å². The van der Waals surface area contributed by atoms with Gasteiger partial charge in [-0.05, 0) is 43.6 Å². The number of aliphatic hydroxyl groups is 2. The molecule has 7 atom stereocenters. The van der Waals surface area contributed by atoms with Crippen molar-refractivity contribution in [2.24, 2.45) is 33.8 Å². The second kappa shape index (κ2) is 24.0. The van der Waals surface area contributed by atoms with Crippen LogP contribution in [0.1, 0.15) is 57.9 Å². The summed E-state index contributed by atoms with van der Waals surface area (Å²) in [7, 11) is 0. The summed E-state index contributed by atoms with van der Waals surface area (Å²) in [4.78, 5) is 109. The molecule has 0 bridgehead atoms. The van der Waals surface area contributed by atoms with Gasteiger partial charge >= 0.3 is 5.97 Å². The van der Waals surface area contributed by atoms with Gasteiger partial charge in [0.2, 0.25) is 41.4 Å². The summed E-state index contributed by atoms with van der Waals surface area (Å²) >= 11 is 0. The van der Waals surface area contributed by atoms with Crippen LogP contribution in [-0.4, -0.2) is 142 Å². The van der Waals surface area contributed by atoms with E-state index in [2.05, 4.69) is 31.6 Å². The van der Waals surface area contributed by atoms with Crippen molar-refractivity contribution < 1.29 is 53.7 Å². The Kier molecular flexibility index (Phi) is 20.0. The number of rotatable bonds is 24. The van der Waals surface area contributed by atoms with E-state index >= 15 is 0 Å². The van der Waals surface area contributed by atoms with Gasteiger partial charge in [0, 0.05) is 25.9 Å². The molecule has 22 heteroatoms. The van der Waals surface area contributed by atoms with Crippen LogP contribution in [0, 0.1) is 5.92 Å². The predicted molar refractivity (Wildman–Crippen MR) is 207 cm³/mol. The van der Waals surface area contributed by atoms with Crippen LogP contribution in [0.5, 0.6) is 0 Å². The van der Waals surface area contributed by atoms with E-state index in [0.717, 1.165) is 0 Å². The fourth-order valence-electron chi connectivity index (χ4n) is 6.03. The van der Waals surface area contributed by atoms with Gasteiger partial charge < -0.3 is 69.7 Å². The molecule has 0 aromatic heterocycles. The second-order valence-corrected chi connectivity index (χ2v) is 14.1. The van der Waals surface area contributed by atoms with Crippen molar-refractivity contribution in [1.29, 1.82) is 0 Å². The van der Waals surface area contributed by atoms with Crippen molar-refractivity contribution in [3.8, 4) is 0 Å². The minimum atomic E-state index is -1.67. The van der Waals surface area contributed by atoms with Crippen molar-refractivity contribution in [2.45, 2.75) is 101 Å². The molecular weight excluding hydrogens is 762 g/mol. The SMILES string of the molecule is CC(C)[C@H](NC(=O)[C@H](CO)NC(=O)[C@H](CCCN=C(N)N)NC(=O)[C@H](Cc1ccccc1)NC(=O)[C@@H]1CCCN1C(=O)[C@@H](N)CO)C(=O)N[C@@H](CCC(N)=O)C(=O)O. The largest absolute Gasteiger partial charge is 0.480 e. The van der Waals surface area contributed by atoms with E-state index in [1.165, 1.54) is 4.90 Å². The Hall–Kier alpha value is -5.87. The molecular formula is C36H57N11O11. The molecule has 1 aliphatic heterocycles. The highest BCUT2D eigenvalue weighted by atomic mass is 16.4. The van der Waals surface area contributed by atoms with Gasteiger partial charge in [0.15, 0.2) is 5.96 Å². The van der Waals surface area contributed by atoms with Crippen LogP contribution in [0.2, 0.25) is 0 Å². The molecule has 0 unspecified atom stereocenters. The Morgan fingerprint density at radius 2 is 1.40 bits per heavy atom. The number of aliphatic hydroxyl groups excluding tert-OH is 2. The van der Waals surface area contributed by atoms with Gasteiger partial charge in [-0.1, -0.05) is 44.2 Å². The lowest BCUT2D eigenvalue weighted by Gasteiger charge is -2.29. The first kappa shape index (κ1) is 48.3. The normalized spacial score (nSPS) is 16.7. The summed E-state index contributed by atoms with van der Waals surface area (Å²) < 4.78 is 0. The van der Waals surface area contributed by atoms with Crippen molar-refractivity contribution in [2.75, 3.05) is 26.3 Å². The minimum Gasteiger partial charge on any atom is -0.480 e. The predicted octanol–water partition coefficient (Wildman–Crippen LogP) is -4.98. The number of carboxylic acids is 1. The maximum Gasteiger partial charge on any atom is 0.326 e. The van der Waals surface area contributed by atoms with Gasteiger partial charge in [0.1, 0.15) is 42.3 Å². The number of guanidine groups is 1. The van der Waals surface area contributed by atoms with Crippen molar-refractivity contribution >= 4 is 53.3 Å². The lowest BCUT2D eigenvalue weighted by Crippen LogP contribution is -2.61. The Morgan fingerprint density at radius 3 is 1.97 bits per heavy atom. The number of carbonyl (C=O) groups is 8. The highest BCUT2D eigenvalue weighted by Crippen LogP contribution is 2.19. The number of primary amides is 1. The molecule has 58 heavy (non-hydrogen) atoms. The van der Waals surface area contributed by atoms with E-state index in [1.807, 2.05) is 0 Å². The number of amides is 7. The summed E-state index contributed by atoms with van der Waals surface area (Å²) in [6.45, 7) is 1.76. The molecule has 0 saturated carbocycles. The average molecular weight is 820 g/mol. The fraction of sp³-hybridized carbons (Fsp3) is 0.583. The summed E-state index contributed by atoms with van der Waals surface area (Å²) in [6.07, 6.45) is 0.101. The molecule has 7 amide bonds. The Labute approximate surface area is 335 Å². The second-order valence-electron chi connectivity index (χ2n) is 14.1. The molecule has 0 aliphatic carbocycles. The lowest BCUT2D eigenvalue weighted by atomic mass is 10.0. The Bertz CT molecular complexity index is 1630. The van der Waals surface area contributed by atoms with E-state index in [-0.39, 0.29) is 57.6 Å². The minimum absolute atomic E-state index is 0.0385. The highest BCUT2D eigenvalue weighted by Gasteiger charge is 2.38. The molecule has 1 aromatic rings. The number of likely N-dealkylation sites (tertiary alicyclic amines) is 1. The van der Waals surface area contributed by atoms with E-state index in [0.29, 0.717) is 12.0 Å². The number of carboxylic acid groups (broad SMARTS) is 1. The van der Waals surface area contributed by atoms with Crippen LogP contribution >= 0.6 is 0 Å². The lowest BCUT2D eigenvalue weighted by molar-refractivity contribution is -0.143. The zero-order valence-corrected chi connectivity index (χ0v) is 32.6. The monoisotopic (exact) mass is 819 g/mol. The first-order valence-electron chi connectivity index (χ1n) is 18.8. The average Bonchev–Trinajstić information content (AvgIpc) is 3.67. The molecule has 1 fully saturated rings. The van der Waals surface area contributed by atoms with Crippen LogP contribution in [-0.2, 0) is 44.8 Å². The maximum absolute atomic E-state index is 14.0. The summed E-state index contributed by atoms with van der Waals surface area (Å²) in [5, 5.41) is 41.4. The van der Waals surface area contributed by atoms with Crippen molar-refractivity contribution in [3.05, 3.63) is 35.9 Å². The van der Waals surface area contributed by atoms with E-state index in [9.17, 15) is 53.7 Å². The van der Waals surface area contributed by atoms with Gasteiger partial charge in [-0.2, -0.15) is 0 Å². The molecule has 322 valence electrons. The highest BCUT2D eigenvalue weighted by molar-refractivity contribution is 5.97. The summed E-state index contributed by atoms with van der Waals surface area (Å²) in [5.74, 6) is -8.06. The number of nitrogens with zero attached hydrogens (tertiary/aromatic N) is 2. The van der Waals surface area contributed by atoms with Gasteiger partial charge in [-0.25, -0.2) is 4.79 Å². The van der Waals surface area contributed by atoms with Gasteiger partial charge in [-0.15, -0.1) is 0 Å².